The normalized spacial score (nSPS) is 17.7. The number of nitrogens with zero attached hydrogens (tertiary/aromatic N) is 4. The fraction of sp³-hybridized carbons (Fsp3) is 0.409. The summed E-state index contributed by atoms with van der Waals surface area (Å²) in [5.74, 6) is 0.459. The Morgan fingerprint density at radius 2 is 1.83 bits per heavy atom. The summed E-state index contributed by atoms with van der Waals surface area (Å²) in [6.07, 6.45) is 8.29. The molecular weight excluding hydrogens is 388 g/mol. The lowest BCUT2D eigenvalue weighted by molar-refractivity contribution is 0.163. The molecule has 30 heavy (non-hydrogen) atoms. The summed E-state index contributed by atoms with van der Waals surface area (Å²) in [6.45, 7) is 1.44. The lowest BCUT2D eigenvalue weighted by Crippen LogP contribution is -2.39. The first-order valence-electron chi connectivity index (χ1n) is 10.4. The van der Waals surface area contributed by atoms with Gasteiger partial charge in [0.1, 0.15) is 17.4 Å². The maximum absolute atomic E-state index is 13.9. The highest BCUT2D eigenvalue weighted by molar-refractivity contribution is 5.79. The number of aromatic nitrogens is 3. The Balaban J connectivity index is 1.32. The SMILES string of the molecule is Fc1ccc(OC2CCN(c3nc4ccncc4nc3NC3CCC3)CC2)c(F)c1. The lowest BCUT2D eigenvalue weighted by atomic mass is 9.93. The number of piperidine rings is 1. The molecule has 8 heteroatoms. The summed E-state index contributed by atoms with van der Waals surface area (Å²) in [5.41, 5.74) is 1.58. The number of fused-ring (bicyclic) bond motifs is 1. The van der Waals surface area contributed by atoms with Crippen LogP contribution >= 0.6 is 0 Å². The van der Waals surface area contributed by atoms with Crippen LogP contribution in [0.15, 0.2) is 36.7 Å². The number of ether oxygens (including phenoxy) is 1. The fourth-order valence-corrected chi connectivity index (χ4v) is 3.90. The zero-order chi connectivity index (χ0) is 20.5. The van der Waals surface area contributed by atoms with Crippen LogP contribution < -0.4 is 15.0 Å². The Morgan fingerprint density at radius 3 is 2.57 bits per heavy atom. The van der Waals surface area contributed by atoms with E-state index < -0.39 is 11.6 Å². The van der Waals surface area contributed by atoms with Crippen molar-refractivity contribution in [3.63, 3.8) is 0 Å². The molecule has 6 nitrogen and oxygen atoms in total. The highest BCUT2D eigenvalue weighted by Gasteiger charge is 2.27. The molecule has 0 atom stereocenters. The van der Waals surface area contributed by atoms with Gasteiger partial charge in [0.25, 0.3) is 0 Å². The van der Waals surface area contributed by atoms with Crippen molar-refractivity contribution >= 4 is 22.7 Å². The Bertz CT molecular complexity index is 1050. The number of halogens is 2. The largest absolute Gasteiger partial charge is 0.487 e. The molecule has 1 aliphatic heterocycles. The smallest absolute Gasteiger partial charge is 0.172 e. The Labute approximate surface area is 173 Å². The van der Waals surface area contributed by atoms with Crippen LogP contribution in [0.3, 0.4) is 0 Å². The first kappa shape index (κ1) is 19.0. The van der Waals surface area contributed by atoms with E-state index in [0.717, 1.165) is 67.5 Å². The molecule has 2 aromatic heterocycles. The van der Waals surface area contributed by atoms with Crippen LogP contribution in [0, 0.1) is 11.6 Å². The Kier molecular flexibility index (Phi) is 5.06. The van der Waals surface area contributed by atoms with Crippen molar-refractivity contribution in [3.8, 4) is 5.75 Å². The monoisotopic (exact) mass is 411 g/mol. The molecule has 1 aliphatic carbocycles. The van der Waals surface area contributed by atoms with Crippen LogP contribution in [-0.4, -0.2) is 40.2 Å². The average molecular weight is 411 g/mol. The first-order valence-corrected chi connectivity index (χ1v) is 10.4. The molecule has 1 saturated heterocycles. The number of benzene rings is 1. The predicted molar refractivity (Wildman–Crippen MR) is 111 cm³/mol. The number of hydrogen-bond acceptors (Lipinski definition) is 6. The number of hydrogen-bond donors (Lipinski definition) is 1. The second-order valence-corrected chi connectivity index (χ2v) is 7.91. The third-order valence-corrected chi connectivity index (χ3v) is 5.82. The van der Waals surface area contributed by atoms with Crippen molar-refractivity contribution in [1.82, 2.24) is 15.0 Å². The van der Waals surface area contributed by atoms with Crippen molar-refractivity contribution in [2.24, 2.45) is 0 Å². The second-order valence-electron chi connectivity index (χ2n) is 7.91. The van der Waals surface area contributed by atoms with E-state index >= 15 is 0 Å². The molecule has 2 aliphatic rings. The summed E-state index contributed by atoms with van der Waals surface area (Å²) < 4.78 is 32.8. The van der Waals surface area contributed by atoms with Gasteiger partial charge in [0.2, 0.25) is 0 Å². The van der Waals surface area contributed by atoms with Gasteiger partial charge >= 0.3 is 0 Å². The summed E-state index contributed by atoms with van der Waals surface area (Å²) in [5, 5.41) is 3.54. The van der Waals surface area contributed by atoms with Gasteiger partial charge in [-0.05, 0) is 37.5 Å². The van der Waals surface area contributed by atoms with Crippen LogP contribution in [0.5, 0.6) is 5.75 Å². The minimum atomic E-state index is -0.668. The van der Waals surface area contributed by atoms with Gasteiger partial charge < -0.3 is 15.0 Å². The molecule has 3 aromatic rings. The Morgan fingerprint density at radius 1 is 1.00 bits per heavy atom. The minimum Gasteiger partial charge on any atom is -0.487 e. The molecule has 1 aromatic carbocycles. The highest BCUT2D eigenvalue weighted by Crippen LogP contribution is 2.32. The summed E-state index contributed by atoms with van der Waals surface area (Å²) in [4.78, 5) is 16.0. The minimum absolute atomic E-state index is 0.0974. The predicted octanol–water partition coefficient (Wildman–Crippen LogP) is 4.32. The molecule has 156 valence electrons. The van der Waals surface area contributed by atoms with Crippen molar-refractivity contribution < 1.29 is 13.5 Å². The first-order chi connectivity index (χ1) is 14.7. The van der Waals surface area contributed by atoms with E-state index in [-0.39, 0.29) is 11.9 Å². The van der Waals surface area contributed by atoms with Gasteiger partial charge in [-0.3, -0.25) is 4.98 Å². The van der Waals surface area contributed by atoms with Crippen molar-refractivity contribution in [2.45, 2.75) is 44.2 Å². The molecular formula is C22H23F2N5O. The van der Waals surface area contributed by atoms with Crippen LogP contribution in [-0.2, 0) is 0 Å². The molecule has 3 heterocycles. The topological polar surface area (TPSA) is 63.2 Å². The van der Waals surface area contributed by atoms with Crippen LogP contribution in [0.25, 0.3) is 11.0 Å². The standard InChI is InChI=1S/C22H23F2N5O/c23-14-4-5-20(17(24)12-14)30-16-7-10-29(11-8-16)22-21(26-15-2-1-3-15)27-19-13-25-9-6-18(19)28-22/h4-6,9,12-13,15-16H,1-3,7-8,10-11H2,(H,26,27). The van der Waals surface area contributed by atoms with Gasteiger partial charge in [0.05, 0.1) is 11.7 Å². The van der Waals surface area contributed by atoms with Crippen molar-refractivity contribution in [2.75, 3.05) is 23.3 Å². The molecule has 1 saturated carbocycles. The number of pyridine rings is 1. The van der Waals surface area contributed by atoms with Crippen LogP contribution in [0.4, 0.5) is 20.4 Å². The van der Waals surface area contributed by atoms with Crippen LogP contribution in [0.1, 0.15) is 32.1 Å². The average Bonchev–Trinajstić information content (AvgIpc) is 2.73. The molecule has 0 amide bonds. The van der Waals surface area contributed by atoms with E-state index in [2.05, 4.69) is 15.2 Å². The molecule has 1 N–H and O–H groups in total. The van der Waals surface area contributed by atoms with E-state index in [1.165, 1.54) is 18.6 Å². The summed E-state index contributed by atoms with van der Waals surface area (Å²) in [7, 11) is 0. The quantitative estimate of drug-likeness (QED) is 0.675. The maximum atomic E-state index is 13.9. The van der Waals surface area contributed by atoms with Gasteiger partial charge in [-0.25, -0.2) is 18.7 Å². The van der Waals surface area contributed by atoms with Crippen molar-refractivity contribution in [3.05, 3.63) is 48.3 Å². The van der Waals surface area contributed by atoms with E-state index in [0.29, 0.717) is 6.04 Å². The molecule has 0 unspecified atom stereocenters. The fourth-order valence-electron chi connectivity index (χ4n) is 3.90. The molecule has 0 bridgehead atoms. The zero-order valence-electron chi connectivity index (χ0n) is 16.5. The van der Waals surface area contributed by atoms with Gasteiger partial charge in [-0.2, -0.15) is 0 Å². The molecule has 0 radical (unpaired) electrons. The van der Waals surface area contributed by atoms with Gasteiger partial charge in [0, 0.05) is 44.2 Å². The van der Waals surface area contributed by atoms with E-state index in [9.17, 15) is 8.78 Å². The van der Waals surface area contributed by atoms with Gasteiger partial charge in [-0.1, -0.05) is 0 Å². The number of rotatable bonds is 5. The molecule has 5 rings (SSSR count). The summed E-state index contributed by atoms with van der Waals surface area (Å²) in [6, 6.07) is 5.72. The summed E-state index contributed by atoms with van der Waals surface area (Å²) >= 11 is 0. The zero-order valence-corrected chi connectivity index (χ0v) is 16.5. The maximum Gasteiger partial charge on any atom is 0.172 e. The molecule has 2 fully saturated rings. The number of anilines is 2. The van der Waals surface area contributed by atoms with Gasteiger partial charge in [-0.15, -0.1) is 0 Å². The second kappa shape index (κ2) is 8.01. The van der Waals surface area contributed by atoms with E-state index in [4.69, 9.17) is 14.7 Å². The lowest BCUT2D eigenvalue weighted by Gasteiger charge is -2.35. The van der Waals surface area contributed by atoms with E-state index in [1.807, 2.05) is 6.07 Å². The van der Waals surface area contributed by atoms with Crippen LogP contribution in [0.2, 0.25) is 0 Å². The number of nitrogens with one attached hydrogen (secondary N) is 1. The van der Waals surface area contributed by atoms with E-state index in [1.54, 1.807) is 12.4 Å². The Hall–Kier alpha value is -3.03. The van der Waals surface area contributed by atoms with Crippen molar-refractivity contribution in [1.29, 1.82) is 0 Å². The highest BCUT2D eigenvalue weighted by atomic mass is 19.1. The molecule has 0 spiro atoms. The van der Waals surface area contributed by atoms with Gasteiger partial charge in [0.15, 0.2) is 23.2 Å². The third kappa shape index (κ3) is 3.86. The third-order valence-electron chi connectivity index (χ3n) is 5.82.